The number of aromatic nitrogens is 7. The smallest absolute Gasteiger partial charge is 0.358 e. The molecule has 36 heavy (non-hydrogen) atoms. The van der Waals surface area contributed by atoms with Gasteiger partial charge in [-0.05, 0) is 39.0 Å². The standard InChI is InChI=1S/C23H23N7O6/c1-4-34-21(31)16-7-10-28(25-16)15-13-19(29-11-8-17(26-29)22(32)35-5-2)24-20(14-15)30-12-9-18(27-30)23(33)36-6-3/h7-14H,4-6H2,1-3H3. The summed E-state index contributed by atoms with van der Waals surface area (Å²) in [5.41, 5.74) is 0.854. The van der Waals surface area contributed by atoms with Crippen molar-refractivity contribution in [1.82, 2.24) is 34.3 Å². The van der Waals surface area contributed by atoms with Crippen molar-refractivity contribution in [2.45, 2.75) is 20.8 Å². The van der Waals surface area contributed by atoms with Crippen molar-refractivity contribution in [1.29, 1.82) is 0 Å². The number of esters is 3. The Bertz CT molecular complexity index is 1220. The number of carbonyl (C=O) groups excluding carboxylic acids is 3. The van der Waals surface area contributed by atoms with Gasteiger partial charge in [0.25, 0.3) is 0 Å². The number of rotatable bonds is 9. The van der Waals surface area contributed by atoms with Gasteiger partial charge in [-0.25, -0.2) is 33.4 Å². The summed E-state index contributed by atoms with van der Waals surface area (Å²) >= 11 is 0. The predicted molar refractivity (Wildman–Crippen MR) is 123 cm³/mol. The molecule has 0 unspecified atom stereocenters. The average Bonchev–Trinajstić information content (AvgIpc) is 3.65. The highest BCUT2D eigenvalue weighted by Gasteiger charge is 2.17. The number of ether oxygens (including phenoxy) is 3. The third kappa shape index (κ3) is 5.14. The maximum Gasteiger partial charge on any atom is 0.358 e. The van der Waals surface area contributed by atoms with Crippen LogP contribution in [0.3, 0.4) is 0 Å². The fourth-order valence-corrected chi connectivity index (χ4v) is 3.17. The van der Waals surface area contributed by atoms with Crippen LogP contribution in [0, 0.1) is 0 Å². The monoisotopic (exact) mass is 493 g/mol. The molecule has 0 amide bonds. The van der Waals surface area contributed by atoms with E-state index in [2.05, 4.69) is 20.3 Å². The van der Waals surface area contributed by atoms with Crippen LogP contribution in [0.25, 0.3) is 17.3 Å². The number of nitrogens with zero attached hydrogens (tertiary/aromatic N) is 7. The van der Waals surface area contributed by atoms with Gasteiger partial charge < -0.3 is 14.2 Å². The van der Waals surface area contributed by atoms with E-state index >= 15 is 0 Å². The molecular weight excluding hydrogens is 470 g/mol. The molecule has 0 aromatic carbocycles. The minimum absolute atomic E-state index is 0.109. The van der Waals surface area contributed by atoms with Gasteiger partial charge in [-0.2, -0.15) is 15.3 Å². The highest BCUT2D eigenvalue weighted by atomic mass is 16.5. The molecule has 0 fully saturated rings. The first-order valence-corrected chi connectivity index (χ1v) is 11.1. The normalized spacial score (nSPS) is 10.8. The second-order valence-electron chi connectivity index (χ2n) is 7.14. The quantitative estimate of drug-likeness (QED) is 0.251. The minimum atomic E-state index is -0.565. The van der Waals surface area contributed by atoms with E-state index in [0.717, 1.165) is 0 Å². The second-order valence-corrected chi connectivity index (χ2v) is 7.14. The van der Waals surface area contributed by atoms with Crippen molar-refractivity contribution >= 4 is 17.9 Å². The van der Waals surface area contributed by atoms with E-state index < -0.39 is 17.9 Å². The van der Waals surface area contributed by atoms with E-state index in [9.17, 15) is 14.4 Å². The summed E-state index contributed by atoms with van der Waals surface area (Å²) in [6.07, 6.45) is 4.71. The summed E-state index contributed by atoms with van der Waals surface area (Å²) in [5.74, 6) is -1.04. The summed E-state index contributed by atoms with van der Waals surface area (Å²) in [7, 11) is 0. The molecule has 186 valence electrons. The first-order chi connectivity index (χ1) is 17.4. The van der Waals surface area contributed by atoms with E-state index in [1.54, 1.807) is 51.5 Å². The second kappa shape index (κ2) is 10.6. The lowest BCUT2D eigenvalue weighted by Gasteiger charge is -2.09. The molecule has 0 spiro atoms. The molecule has 0 saturated carbocycles. The Balaban J connectivity index is 1.77. The van der Waals surface area contributed by atoms with Crippen LogP contribution in [0.5, 0.6) is 0 Å². The Kier molecular flexibility index (Phi) is 7.18. The predicted octanol–water partition coefficient (Wildman–Crippen LogP) is 2.17. The van der Waals surface area contributed by atoms with Gasteiger partial charge in [-0.3, -0.25) is 0 Å². The first kappa shape index (κ1) is 24.3. The van der Waals surface area contributed by atoms with Crippen LogP contribution in [0.2, 0.25) is 0 Å². The lowest BCUT2D eigenvalue weighted by molar-refractivity contribution is 0.0509. The van der Waals surface area contributed by atoms with Crippen molar-refractivity contribution < 1.29 is 28.6 Å². The zero-order valence-corrected chi connectivity index (χ0v) is 19.8. The number of hydrogen-bond acceptors (Lipinski definition) is 10. The van der Waals surface area contributed by atoms with Gasteiger partial charge in [0, 0.05) is 30.7 Å². The highest BCUT2D eigenvalue weighted by molar-refractivity contribution is 5.88. The molecular formula is C23H23N7O6. The van der Waals surface area contributed by atoms with Crippen LogP contribution >= 0.6 is 0 Å². The van der Waals surface area contributed by atoms with Crippen LogP contribution in [0.1, 0.15) is 52.2 Å². The zero-order chi connectivity index (χ0) is 25.7. The third-order valence-electron chi connectivity index (χ3n) is 4.74. The van der Waals surface area contributed by atoms with Crippen molar-refractivity contribution in [2.75, 3.05) is 19.8 Å². The van der Waals surface area contributed by atoms with Gasteiger partial charge in [-0.15, -0.1) is 0 Å². The maximum absolute atomic E-state index is 12.1. The van der Waals surface area contributed by atoms with Crippen molar-refractivity contribution in [3.63, 3.8) is 0 Å². The summed E-state index contributed by atoms with van der Waals surface area (Å²) in [6.45, 7) is 5.77. The number of hydrogen-bond donors (Lipinski definition) is 0. The molecule has 0 N–H and O–H groups in total. The summed E-state index contributed by atoms with van der Waals surface area (Å²) in [6, 6.07) is 7.85. The van der Waals surface area contributed by atoms with Crippen LogP contribution in [-0.2, 0) is 14.2 Å². The lowest BCUT2D eigenvalue weighted by atomic mass is 10.3. The molecule has 0 atom stereocenters. The van der Waals surface area contributed by atoms with Gasteiger partial charge in [-0.1, -0.05) is 0 Å². The molecule has 13 heteroatoms. The maximum atomic E-state index is 12.1. The molecule has 0 radical (unpaired) electrons. The topological polar surface area (TPSA) is 145 Å². The molecule has 13 nitrogen and oxygen atoms in total. The SMILES string of the molecule is CCOC(=O)c1ccn(-c2cc(-n3ccc(C(=O)OCC)n3)nc(-n3ccc(C(=O)OCC)n3)c2)n1. The molecule has 0 bridgehead atoms. The molecule has 4 heterocycles. The fourth-order valence-electron chi connectivity index (χ4n) is 3.17. The van der Waals surface area contributed by atoms with E-state index in [-0.39, 0.29) is 36.9 Å². The Labute approximate surface area is 205 Å². The summed E-state index contributed by atoms with van der Waals surface area (Å²) in [4.78, 5) is 40.8. The molecule has 0 aliphatic heterocycles. The van der Waals surface area contributed by atoms with Gasteiger partial charge in [0.05, 0.1) is 25.5 Å². The Morgan fingerprint density at radius 2 is 1.00 bits per heavy atom. The zero-order valence-electron chi connectivity index (χ0n) is 19.8. The highest BCUT2D eigenvalue weighted by Crippen LogP contribution is 2.18. The van der Waals surface area contributed by atoms with E-state index in [1.165, 1.54) is 32.2 Å². The van der Waals surface area contributed by atoms with Gasteiger partial charge in [0.1, 0.15) is 0 Å². The number of carbonyl (C=O) groups is 3. The Morgan fingerprint density at radius 3 is 1.39 bits per heavy atom. The summed E-state index contributed by atoms with van der Waals surface area (Å²) < 4.78 is 19.3. The molecule has 4 rings (SSSR count). The molecule has 4 aromatic heterocycles. The summed E-state index contributed by atoms with van der Waals surface area (Å²) in [5, 5.41) is 12.8. The van der Waals surface area contributed by atoms with Crippen LogP contribution in [0.15, 0.2) is 48.9 Å². The number of pyridine rings is 1. The lowest BCUT2D eigenvalue weighted by Crippen LogP contribution is -2.11. The fraction of sp³-hybridized carbons (Fsp3) is 0.261. The van der Waals surface area contributed by atoms with Gasteiger partial charge in [0.15, 0.2) is 28.7 Å². The third-order valence-corrected chi connectivity index (χ3v) is 4.74. The van der Waals surface area contributed by atoms with Crippen molar-refractivity contribution in [3.05, 3.63) is 66.0 Å². The van der Waals surface area contributed by atoms with Crippen LogP contribution in [0.4, 0.5) is 0 Å². The van der Waals surface area contributed by atoms with E-state index in [1.807, 2.05) is 0 Å². The minimum Gasteiger partial charge on any atom is -0.461 e. The molecule has 0 aliphatic carbocycles. The van der Waals surface area contributed by atoms with Gasteiger partial charge >= 0.3 is 17.9 Å². The van der Waals surface area contributed by atoms with Gasteiger partial charge in [0.2, 0.25) is 0 Å². The average molecular weight is 493 g/mol. The van der Waals surface area contributed by atoms with Crippen molar-refractivity contribution in [3.8, 4) is 17.3 Å². The Morgan fingerprint density at radius 1 is 0.639 bits per heavy atom. The van der Waals surface area contributed by atoms with Crippen molar-refractivity contribution in [2.24, 2.45) is 0 Å². The van der Waals surface area contributed by atoms with Crippen LogP contribution in [-0.4, -0.2) is 72.1 Å². The molecule has 4 aromatic rings. The molecule has 0 aliphatic rings. The van der Waals surface area contributed by atoms with Crippen LogP contribution < -0.4 is 0 Å². The van der Waals surface area contributed by atoms with E-state index in [0.29, 0.717) is 17.3 Å². The Hall–Kier alpha value is -4.81. The van der Waals surface area contributed by atoms with E-state index in [4.69, 9.17) is 14.2 Å². The molecule has 0 saturated heterocycles. The first-order valence-electron chi connectivity index (χ1n) is 11.1. The largest absolute Gasteiger partial charge is 0.461 e.